The van der Waals surface area contributed by atoms with Gasteiger partial charge in [0, 0.05) is 6.54 Å². The van der Waals surface area contributed by atoms with Crippen LogP contribution in [0.15, 0.2) is 0 Å². The van der Waals surface area contributed by atoms with Crippen molar-refractivity contribution in [2.24, 2.45) is 5.92 Å². The van der Waals surface area contributed by atoms with Crippen LogP contribution in [-0.4, -0.2) is 43.8 Å². The van der Waals surface area contributed by atoms with E-state index in [9.17, 15) is 13.2 Å². The zero-order valence-electron chi connectivity index (χ0n) is 8.40. The number of alkyl halides is 3. The van der Waals surface area contributed by atoms with E-state index in [0.29, 0.717) is 19.0 Å². The molecule has 1 rings (SSSR count). The Morgan fingerprint density at radius 3 is 2.57 bits per heavy atom. The Morgan fingerprint density at radius 1 is 1.43 bits per heavy atom. The lowest BCUT2D eigenvalue weighted by atomic mass is 10.1. The van der Waals surface area contributed by atoms with Gasteiger partial charge in [-0.1, -0.05) is 6.92 Å². The average molecular weight is 210 g/mol. The van der Waals surface area contributed by atoms with Crippen molar-refractivity contribution in [3.8, 4) is 0 Å². The first-order valence-corrected chi connectivity index (χ1v) is 5.01. The minimum Gasteiger partial charge on any atom is -0.316 e. The van der Waals surface area contributed by atoms with E-state index in [4.69, 9.17) is 0 Å². The molecule has 1 fully saturated rings. The first-order valence-electron chi connectivity index (χ1n) is 5.01. The largest absolute Gasteiger partial charge is 0.401 e. The molecule has 0 amide bonds. The number of halogens is 3. The molecule has 1 heterocycles. The maximum atomic E-state index is 12.1. The van der Waals surface area contributed by atoms with E-state index in [-0.39, 0.29) is 0 Å². The normalized spacial score (nSPS) is 23.4. The number of rotatable bonds is 4. The van der Waals surface area contributed by atoms with Crippen molar-refractivity contribution >= 4 is 0 Å². The molecule has 14 heavy (non-hydrogen) atoms. The summed E-state index contributed by atoms with van der Waals surface area (Å²) in [6, 6.07) is 0. The van der Waals surface area contributed by atoms with Gasteiger partial charge in [0.2, 0.25) is 0 Å². The molecule has 5 heteroatoms. The van der Waals surface area contributed by atoms with Gasteiger partial charge in [0.25, 0.3) is 0 Å². The summed E-state index contributed by atoms with van der Waals surface area (Å²) < 4.78 is 36.3. The predicted octanol–water partition coefficient (Wildman–Crippen LogP) is 1.48. The van der Waals surface area contributed by atoms with E-state index in [1.807, 2.05) is 0 Å². The quantitative estimate of drug-likeness (QED) is 0.756. The number of nitrogens with zero attached hydrogens (tertiary/aromatic N) is 1. The second-order valence-electron chi connectivity index (χ2n) is 3.80. The highest BCUT2D eigenvalue weighted by Gasteiger charge is 2.31. The summed E-state index contributed by atoms with van der Waals surface area (Å²) in [5.41, 5.74) is 0. The third kappa shape index (κ3) is 4.28. The van der Waals surface area contributed by atoms with Crippen LogP contribution in [0.2, 0.25) is 0 Å². The van der Waals surface area contributed by atoms with Crippen molar-refractivity contribution in [2.45, 2.75) is 19.5 Å². The van der Waals surface area contributed by atoms with Crippen LogP contribution in [0, 0.1) is 5.92 Å². The van der Waals surface area contributed by atoms with E-state index >= 15 is 0 Å². The summed E-state index contributed by atoms with van der Waals surface area (Å²) in [7, 11) is 0. The topological polar surface area (TPSA) is 15.3 Å². The second kappa shape index (κ2) is 4.98. The van der Waals surface area contributed by atoms with Crippen LogP contribution in [0.4, 0.5) is 13.2 Å². The Labute approximate surface area is 82.5 Å². The van der Waals surface area contributed by atoms with Crippen molar-refractivity contribution in [1.82, 2.24) is 10.2 Å². The van der Waals surface area contributed by atoms with Crippen LogP contribution < -0.4 is 5.32 Å². The molecule has 0 aromatic rings. The van der Waals surface area contributed by atoms with Crippen molar-refractivity contribution in [1.29, 1.82) is 0 Å². The Morgan fingerprint density at radius 2 is 2.14 bits per heavy atom. The summed E-state index contributed by atoms with van der Waals surface area (Å²) in [5, 5.41) is 3.16. The molecule has 2 nitrogen and oxygen atoms in total. The van der Waals surface area contributed by atoms with Gasteiger partial charge in [-0.05, 0) is 32.0 Å². The maximum Gasteiger partial charge on any atom is 0.401 e. The van der Waals surface area contributed by atoms with Crippen LogP contribution in [0.5, 0.6) is 0 Å². The first kappa shape index (κ1) is 11.8. The molecule has 0 spiro atoms. The highest BCUT2D eigenvalue weighted by Crippen LogP contribution is 2.18. The van der Waals surface area contributed by atoms with Crippen LogP contribution >= 0.6 is 0 Å². The molecule has 1 saturated heterocycles. The molecule has 0 radical (unpaired) electrons. The summed E-state index contributed by atoms with van der Waals surface area (Å²) in [4.78, 5) is 1.47. The first-order chi connectivity index (χ1) is 6.51. The third-order valence-corrected chi connectivity index (χ3v) is 2.53. The number of hydrogen-bond donors (Lipinski definition) is 1. The lowest BCUT2D eigenvalue weighted by Crippen LogP contribution is -2.37. The third-order valence-electron chi connectivity index (χ3n) is 2.53. The highest BCUT2D eigenvalue weighted by atomic mass is 19.4. The summed E-state index contributed by atoms with van der Waals surface area (Å²) >= 11 is 0. The Kier molecular flexibility index (Phi) is 4.19. The summed E-state index contributed by atoms with van der Waals surface area (Å²) in [5.74, 6) is 0.386. The fourth-order valence-electron chi connectivity index (χ4n) is 1.79. The molecular weight excluding hydrogens is 193 g/mol. The van der Waals surface area contributed by atoms with Crippen LogP contribution in [0.1, 0.15) is 13.3 Å². The Balaban J connectivity index is 2.30. The van der Waals surface area contributed by atoms with Gasteiger partial charge in [-0.25, -0.2) is 0 Å². The molecule has 0 aromatic carbocycles. The van der Waals surface area contributed by atoms with Crippen LogP contribution in [0.25, 0.3) is 0 Å². The lowest BCUT2D eigenvalue weighted by molar-refractivity contribution is -0.146. The molecule has 0 bridgehead atoms. The Bertz CT molecular complexity index is 164. The van der Waals surface area contributed by atoms with Gasteiger partial charge in [-0.2, -0.15) is 13.2 Å². The number of nitrogens with one attached hydrogen (secondary N) is 1. The fraction of sp³-hybridized carbons (Fsp3) is 1.00. The minimum absolute atomic E-state index is 0.386. The van der Waals surface area contributed by atoms with E-state index in [1.54, 1.807) is 6.92 Å². The molecule has 1 atom stereocenters. The average Bonchev–Trinajstić information content (AvgIpc) is 2.53. The smallest absolute Gasteiger partial charge is 0.316 e. The molecule has 0 aliphatic carbocycles. The van der Waals surface area contributed by atoms with Crippen molar-refractivity contribution in [3.05, 3.63) is 0 Å². The lowest BCUT2D eigenvalue weighted by Gasteiger charge is -2.24. The zero-order valence-corrected chi connectivity index (χ0v) is 8.40. The van der Waals surface area contributed by atoms with Crippen molar-refractivity contribution < 1.29 is 13.2 Å². The van der Waals surface area contributed by atoms with Gasteiger partial charge in [-0.15, -0.1) is 0 Å². The van der Waals surface area contributed by atoms with Gasteiger partial charge in [0.1, 0.15) is 0 Å². The van der Waals surface area contributed by atoms with Gasteiger partial charge < -0.3 is 5.32 Å². The SMILES string of the molecule is CCN(CC1CCNC1)CC(F)(F)F. The van der Waals surface area contributed by atoms with E-state index in [1.165, 1.54) is 4.90 Å². The van der Waals surface area contributed by atoms with Crippen LogP contribution in [-0.2, 0) is 0 Å². The van der Waals surface area contributed by atoms with Crippen molar-refractivity contribution in [2.75, 3.05) is 32.7 Å². The highest BCUT2D eigenvalue weighted by molar-refractivity contribution is 4.75. The van der Waals surface area contributed by atoms with Gasteiger partial charge in [-0.3, -0.25) is 4.90 Å². The van der Waals surface area contributed by atoms with E-state index in [0.717, 1.165) is 19.5 Å². The van der Waals surface area contributed by atoms with E-state index in [2.05, 4.69) is 5.32 Å². The van der Waals surface area contributed by atoms with Gasteiger partial charge in [0.15, 0.2) is 0 Å². The number of hydrogen-bond acceptors (Lipinski definition) is 2. The molecule has 0 aromatic heterocycles. The molecule has 1 aliphatic heterocycles. The monoisotopic (exact) mass is 210 g/mol. The second-order valence-corrected chi connectivity index (χ2v) is 3.80. The summed E-state index contributed by atoms with van der Waals surface area (Å²) in [6.45, 7) is 3.82. The molecule has 1 N–H and O–H groups in total. The predicted molar refractivity (Wildman–Crippen MR) is 49.1 cm³/mol. The molecule has 1 aliphatic rings. The molecule has 1 unspecified atom stereocenters. The van der Waals surface area contributed by atoms with E-state index < -0.39 is 12.7 Å². The summed E-state index contributed by atoms with van der Waals surface area (Å²) in [6.07, 6.45) is -3.07. The fourth-order valence-corrected chi connectivity index (χ4v) is 1.79. The standard InChI is InChI=1S/C9H17F3N2/c1-2-14(7-9(10,11)12)6-8-3-4-13-5-8/h8,13H,2-7H2,1H3. The Hall–Kier alpha value is -0.290. The maximum absolute atomic E-state index is 12.1. The van der Waals surface area contributed by atoms with Crippen molar-refractivity contribution in [3.63, 3.8) is 0 Å². The molecule has 84 valence electrons. The minimum atomic E-state index is -4.07. The van der Waals surface area contributed by atoms with Gasteiger partial charge in [0.05, 0.1) is 6.54 Å². The zero-order chi connectivity index (χ0) is 10.6. The van der Waals surface area contributed by atoms with Crippen LogP contribution in [0.3, 0.4) is 0 Å². The molecule has 0 saturated carbocycles. The molecular formula is C9H17F3N2. The van der Waals surface area contributed by atoms with Gasteiger partial charge >= 0.3 is 6.18 Å².